The van der Waals surface area contributed by atoms with E-state index in [1.54, 1.807) is 6.08 Å². The Hall–Kier alpha value is -2.31. The maximum absolute atomic E-state index is 10.4. The Labute approximate surface area is 158 Å². The molecule has 1 aliphatic rings. The molecule has 0 bridgehead atoms. The Kier molecular flexibility index (Phi) is 5.96. The monoisotopic (exact) mass is 374 g/mol. The molecule has 1 aliphatic heterocycles. The molecule has 0 saturated heterocycles. The van der Waals surface area contributed by atoms with E-state index in [1.165, 1.54) is 11.1 Å². The van der Waals surface area contributed by atoms with Crippen molar-refractivity contribution in [3.05, 3.63) is 52.7 Å². The zero-order chi connectivity index (χ0) is 18.5. The summed E-state index contributed by atoms with van der Waals surface area (Å²) in [6.07, 6.45) is 7.69. The highest BCUT2D eigenvalue weighted by atomic mass is 35.5. The average molecular weight is 375 g/mol. The predicted molar refractivity (Wildman–Crippen MR) is 103 cm³/mol. The molecule has 2 N–H and O–H groups in total. The van der Waals surface area contributed by atoms with Crippen LogP contribution in [0.5, 0.6) is 0 Å². The lowest BCUT2D eigenvalue weighted by molar-refractivity contribution is -0.131. The minimum atomic E-state index is -0.924. The van der Waals surface area contributed by atoms with Gasteiger partial charge in [0.15, 0.2) is 5.82 Å². The average Bonchev–Trinajstić information content (AvgIpc) is 2.90. The van der Waals surface area contributed by atoms with Crippen LogP contribution in [0.2, 0.25) is 5.02 Å². The first-order valence-electron chi connectivity index (χ1n) is 8.73. The number of anilines is 2. The van der Waals surface area contributed by atoms with E-state index in [1.807, 2.05) is 23.9 Å². The molecule has 0 saturated carbocycles. The second-order valence-electron chi connectivity index (χ2n) is 6.37. The molecule has 0 spiro atoms. The van der Waals surface area contributed by atoms with Crippen LogP contribution in [-0.2, 0) is 24.7 Å². The quantitative estimate of drug-likeness (QED) is 0.576. The lowest BCUT2D eigenvalue weighted by atomic mass is 10.1. The molecule has 3 rings (SSSR count). The highest BCUT2D eigenvalue weighted by Gasteiger charge is 2.23. The van der Waals surface area contributed by atoms with E-state index in [9.17, 15) is 4.79 Å². The van der Waals surface area contributed by atoms with Crippen molar-refractivity contribution in [2.45, 2.75) is 19.3 Å². The summed E-state index contributed by atoms with van der Waals surface area (Å²) in [4.78, 5) is 12.7. The number of nitrogens with one attached hydrogen (secondary N) is 1. The number of carbonyl (C=O) groups is 1. The molecule has 0 aliphatic carbocycles. The van der Waals surface area contributed by atoms with Crippen LogP contribution in [0.15, 0.2) is 36.5 Å². The second kappa shape index (κ2) is 8.38. The lowest BCUT2D eigenvalue weighted by Gasteiger charge is -2.24. The molecule has 0 unspecified atom stereocenters. The Balaban J connectivity index is 1.71. The van der Waals surface area contributed by atoms with E-state index < -0.39 is 5.97 Å². The molecule has 1 aromatic heterocycles. The first kappa shape index (κ1) is 18.5. The molecular weight excluding hydrogens is 352 g/mol. The van der Waals surface area contributed by atoms with Gasteiger partial charge in [0.25, 0.3) is 0 Å². The number of halogens is 1. The molecular formula is C19H23ClN4O2. The van der Waals surface area contributed by atoms with Crippen molar-refractivity contribution in [1.82, 2.24) is 15.1 Å². The summed E-state index contributed by atoms with van der Waals surface area (Å²) in [7, 11) is 1.95. The van der Waals surface area contributed by atoms with Crippen LogP contribution >= 0.6 is 11.6 Å². The Morgan fingerprint density at radius 1 is 1.38 bits per heavy atom. The fraction of sp³-hybridized carbons (Fsp3) is 0.368. The van der Waals surface area contributed by atoms with Gasteiger partial charge in [-0.1, -0.05) is 23.7 Å². The van der Waals surface area contributed by atoms with Crippen LogP contribution in [0, 0.1) is 0 Å². The normalized spacial score (nSPS) is 13.5. The number of carboxylic acid groups (broad SMARTS) is 1. The van der Waals surface area contributed by atoms with Gasteiger partial charge >= 0.3 is 5.97 Å². The predicted octanol–water partition coefficient (Wildman–Crippen LogP) is 2.93. The van der Waals surface area contributed by atoms with E-state index in [-0.39, 0.29) is 0 Å². The van der Waals surface area contributed by atoms with Crippen molar-refractivity contribution in [2.24, 2.45) is 7.05 Å². The maximum atomic E-state index is 10.4. The van der Waals surface area contributed by atoms with E-state index in [0.717, 1.165) is 55.0 Å². The van der Waals surface area contributed by atoms with Crippen molar-refractivity contribution in [2.75, 3.05) is 24.5 Å². The number of nitrogens with zero attached hydrogens (tertiary/aromatic N) is 3. The number of aryl methyl sites for hydroxylation is 3. The van der Waals surface area contributed by atoms with Crippen molar-refractivity contribution >= 4 is 29.1 Å². The number of aliphatic carboxylic acids is 1. The van der Waals surface area contributed by atoms with Gasteiger partial charge in [-0.3, -0.25) is 4.68 Å². The molecule has 2 heterocycles. The molecule has 7 heteroatoms. The number of aromatic nitrogens is 2. The summed E-state index contributed by atoms with van der Waals surface area (Å²) in [6.45, 7) is 2.15. The van der Waals surface area contributed by atoms with Crippen LogP contribution in [0.4, 0.5) is 11.5 Å². The van der Waals surface area contributed by atoms with E-state index in [4.69, 9.17) is 16.7 Å². The van der Waals surface area contributed by atoms with Crippen molar-refractivity contribution in [3.63, 3.8) is 0 Å². The molecule has 0 amide bonds. The third kappa shape index (κ3) is 4.45. The molecule has 0 radical (unpaired) electrons. The minimum Gasteiger partial charge on any atom is -0.478 e. The fourth-order valence-corrected chi connectivity index (χ4v) is 3.41. The van der Waals surface area contributed by atoms with Crippen LogP contribution in [0.3, 0.4) is 0 Å². The second-order valence-corrected chi connectivity index (χ2v) is 6.81. The molecule has 0 fully saturated rings. The minimum absolute atomic E-state index is 0.545. The van der Waals surface area contributed by atoms with Crippen LogP contribution < -0.4 is 10.2 Å². The van der Waals surface area contributed by atoms with Gasteiger partial charge < -0.3 is 15.3 Å². The zero-order valence-corrected chi connectivity index (χ0v) is 15.5. The smallest absolute Gasteiger partial charge is 0.328 e. The SMILES string of the molecule is Cn1cc2c(n1)N(CCCNC/C=C/C(=O)O)c1cc(Cl)ccc1CC2. The van der Waals surface area contributed by atoms with Crippen LogP contribution in [-0.4, -0.2) is 40.5 Å². The first-order valence-corrected chi connectivity index (χ1v) is 9.11. The van der Waals surface area contributed by atoms with Gasteiger partial charge in [0, 0.05) is 48.7 Å². The van der Waals surface area contributed by atoms with Crippen molar-refractivity contribution in [1.29, 1.82) is 0 Å². The topological polar surface area (TPSA) is 70.4 Å². The number of carboxylic acids is 1. The van der Waals surface area contributed by atoms with E-state index >= 15 is 0 Å². The largest absolute Gasteiger partial charge is 0.478 e. The number of hydrogen-bond donors (Lipinski definition) is 2. The summed E-state index contributed by atoms with van der Waals surface area (Å²) in [5.74, 6) is 0.0758. The van der Waals surface area contributed by atoms with Crippen molar-refractivity contribution < 1.29 is 9.90 Å². The van der Waals surface area contributed by atoms with Gasteiger partial charge in [-0.15, -0.1) is 0 Å². The van der Waals surface area contributed by atoms with Gasteiger partial charge in [-0.25, -0.2) is 4.79 Å². The molecule has 6 nitrogen and oxygen atoms in total. The molecule has 1 aromatic carbocycles. The highest BCUT2D eigenvalue weighted by molar-refractivity contribution is 6.30. The maximum Gasteiger partial charge on any atom is 0.328 e. The molecule has 2 aromatic rings. The van der Waals surface area contributed by atoms with Gasteiger partial charge in [-0.2, -0.15) is 5.10 Å². The number of rotatable bonds is 7. The first-order chi connectivity index (χ1) is 12.5. The van der Waals surface area contributed by atoms with Gasteiger partial charge in [-0.05, 0) is 43.5 Å². The Morgan fingerprint density at radius 2 is 2.19 bits per heavy atom. The van der Waals surface area contributed by atoms with Gasteiger partial charge in [0.05, 0.1) is 0 Å². The standard InChI is InChI=1S/C19H23ClN4O2/c1-23-13-15-6-5-14-7-8-16(20)12-17(14)24(19(15)22-23)11-3-10-21-9-2-4-18(25)26/h2,4,7-8,12-13,21H,3,5-6,9-11H2,1H3,(H,25,26)/b4-2+. The van der Waals surface area contributed by atoms with Gasteiger partial charge in [0.1, 0.15) is 0 Å². The summed E-state index contributed by atoms with van der Waals surface area (Å²) in [5, 5.41) is 17.2. The van der Waals surface area contributed by atoms with E-state index in [0.29, 0.717) is 6.54 Å². The Bertz CT molecular complexity index is 816. The summed E-state index contributed by atoms with van der Waals surface area (Å²) < 4.78 is 1.86. The fourth-order valence-electron chi connectivity index (χ4n) is 3.25. The van der Waals surface area contributed by atoms with Gasteiger partial charge in [0.2, 0.25) is 0 Å². The summed E-state index contributed by atoms with van der Waals surface area (Å²) in [5.41, 5.74) is 3.66. The lowest BCUT2D eigenvalue weighted by Crippen LogP contribution is -2.25. The summed E-state index contributed by atoms with van der Waals surface area (Å²) >= 11 is 6.25. The molecule has 138 valence electrons. The number of hydrogen-bond acceptors (Lipinski definition) is 4. The third-order valence-electron chi connectivity index (χ3n) is 4.40. The van der Waals surface area contributed by atoms with Crippen LogP contribution in [0.25, 0.3) is 0 Å². The summed E-state index contributed by atoms with van der Waals surface area (Å²) in [6, 6.07) is 6.06. The molecule has 0 atom stereocenters. The Morgan fingerprint density at radius 3 is 3.00 bits per heavy atom. The highest BCUT2D eigenvalue weighted by Crippen LogP contribution is 2.36. The molecule has 26 heavy (non-hydrogen) atoms. The third-order valence-corrected chi connectivity index (χ3v) is 4.63. The van der Waals surface area contributed by atoms with E-state index in [2.05, 4.69) is 27.6 Å². The zero-order valence-electron chi connectivity index (χ0n) is 14.8. The number of fused-ring (bicyclic) bond motifs is 2. The number of benzene rings is 1. The van der Waals surface area contributed by atoms with Crippen LogP contribution in [0.1, 0.15) is 17.5 Å². The van der Waals surface area contributed by atoms with Crippen molar-refractivity contribution in [3.8, 4) is 0 Å².